The van der Waals surface area contributed by atoms with Gasteiger partial charge in [-0.25, -0.2) is 0 Å². The van der Waals surface area contributed by atoms with E-state index in [4.69, 9.17) is 0 Å². The summed E-state index contributed by atoms with van der Waals surface area (Å²) < 4.78 is 0. The number of aromatic hydroxyl groups is 4. The minimum atomic E-state index is -0.0371. The largest absolute Gasteiger partial charge is 0.507 e. The summed E-state index contributed by atoms with van der Waals surface area (Å²) >= 11 is 0. The van der Waals surface area contributed by atoms with E-state index in [1.165, 1.54) is 0 Å². The molecule has 0 heterocycles. The van der Waals surface area contributed by atoms with Gasteiger partial charge in [-0.05, 0) is 68.5 Å². The van der Waals surface area contributed by atoms with Crippen LogP contribution < -0.4 is 0 Å². The first-order valence-electron chi connectivity index (χ1n) is 12.9. The van der Waals surface area contributed by atoms with Crippen molar-refractivity contribution in [1.29, 1.82) is 0 Å². The zero-order valence-electron chi connectivity index (χ0n) is 21.1. The van der Waals surface area contributed by atoms with Crippen molar-refractivity contribution in [1.82, 2.24) is 0 Å². The van der Waals surface area contributed by atoms with Crippen LogP contribution in [-0.4, -0.2) is 43.9 Å². The van der Waals surface area contributed by atoms with Gasteiger partial charge in [0.2, 0.25) is 0 Å². The third-order valence-electron chi connectivity index (χ3n) is 7.39. The minimum Gasteiger partial charge on any atom is -0.507 e. The molecule has 8 bridgehead atoms. The molecule has 196 valence electrons. The topological polar surface area (TPSA) is 121 Å². The molecule has 0 amide bonds. The Hall–Kier alpha value is -4.00. The van der Waals surface area contributed by atoms with Gasteiger partial charge in [0.15, 0.2) is 0 Å². The van der Waals surface area contributed by atoms with Gasteiger partial charge >= 0.3 is 0 Å². The maximum Gasteiger partial charge on any atom is 0.122 e. The zero-order chi connectivity index (χ0) is 26.8. The number of para-hydroxylation sites is 2. The van der Waals surface area contributed by atoms with Crippen LogP contribution in [0.4, 0.5) is 0 Å². The molecule has 0 aliphatic heterocycles. The van der Waals surface area contributed by atoms with Crippen molar-refractivity contribution in [2.45, 2.75) is 38.5 Å². The molecule has 38 heavy (non-hydrogen) atoms. The van der Waals surface area contributed by atoms with Crippen LogP contribution in [0.3, 0.4) is 0 Å². The Morgan fingerprint density at radius 2 is 0.684 bits per heavy atom. The molecule has 6 heteroatoms. The maximum atomic E-state index is 11.2. The number of aliphatic hydroxyl groups is 2. The van der Waals surface area contributed by atoms with E-state index in [0.717, 1.165) is 11.1 Å². The Morgan fingerprint density at radius 3 is 0.947 bits per heavy atom. The van der Waals surface area contributed by atoms with E-state index >= 15 is 0 Å². The lowest BCUT2D eigenvalue weighted by molar-refractivity contribution is 0.299. The number of benzene rings is 4. The molecule has 0 atom stereocenters. The van der Waals surface area contributed by atoms with E-state index in [0.29, 0.717) is 57.3 Å². The summed E-state index contributed by atoms with van der Waals surface area (Å²) in [5.74, 6) is 0.406. The molecule has 0 fully saturated rings. The molecule has 0 unspecified atom stereocenters. The summed E-state index contributed by atoms with van der Waals surface area (Å²) in [4.78, 5) is 0. The monoisotopic (exact) mass is 512 g/mol. The van der Waals surface area contributed by atoms with Gasteiger partial charge in [-0.1, -0.05) is 60.7 Å². The predicted molar refractivity (Wildman–Crippen MR) is 145 cm³/mol. The van der Waals surface area contributed by atoms with Gasteiger partial charge in [0.05, 0.1) is 0 Å². The van der Waals surface area contributed by atoms with Crippen LogP contribution in [0.1, 0.15) is 55.6 Å². The van der Waals surface area contributed by atoms with Gasteiger partial charge in [0, 0.05) is 38.9 Å². The zero-order valence-corrected chi connectivity index (χ0v) is 21.1. The van der Waals surface area contributed by atoms with E-state index in [1.54, 1.807) is 0 Å². The first kappa shape index (κ1) is 25.6. The number of fused-ring (bicyclic) bond motifs is 8. The highest BCUT2D eigenvalue weighted by atomic mass is 16.3. The normalized spacial score (nSPS) is 12.9. The Balaban J connectivity index is 1.73. The predicted octanol–water partition coefficient (Wildman–Crippen LogP) is 4.26. The molecule has 0 aromatic heterocycles. The van der Waals surface area contributed by atoms with Gasteiger partial charge < -0.3 is 30.6 Å². The van der Waals surface area contributed by atoms with Gasteiger partial charge in [-0.3, -0.25) is 0 Å². The van der Waals surface area contributed by atoms with Crippen molar-refractivity contribution in [3.63, 3.8) is 0 Å². The molecule has 6 nitrogen and oxygen atoms in total. The van der Waals surface area contributed by atoms with Crippen molar-refractivity contribution < 1.29 is 30.6 Å². The van der Waals surface area contributed by atoms with Gasteiger partial charge in [-0.15, -0.1) is 0 Å². The summed E-state index contributed by atoms with van der Waals surface area (Å²) in [7, 11) is 0. The highest BCUT2D eigenvalue weighted by Crippen LogP contribution is 2.38. The Labute approximate surface area is 221 Å². The lowest BCUT2D eigenvalue weighted by atomic mass is 9.89. The number of hydrogen-bond acceptors (Lipinski definition) is 6. The van der Waals surface area contributed by atoms with E-state index in [9.17, 15) is 30.6 Å². The number of phenolic OH excluding ortho intramolecular Hbond substituents is 4. The standard InChI is InChI=1S/C32H32O6/c33-9-7-19-11-25-15-21-3-1-4-22(29(21)35)16-26-12-20(8-10-34)14-28(32(26)38)18-24-6-2-5-23(30(24)36)17-27(13-19)31(25)37/h1-6,11-14,33-38H,7-10,15-18H2. The van der Waals surface area contributed by atoms with Crippen LogP contribution in [-0.2, 0) is 38.5 Å². The molecule has 4 aromatic carbocycles. The lowest BCUT2D eigenvalue weighted by Gasteiger charge is -2.18. The third-order valence-corrected chi connectivity index (χ3v) is 7.39. The molecule has 0 radical (unpaired) electrons. The fourth-order valence-electron chi connectivity index (χ4n) is 5.43. The van der Waals surface area contributed by atoms with Crippen LogP contribution in [0.25, 0.3) is 0 Å². The van der Waals surface area contributed by atoms with E-state index in [1.807, 2.05) is 60.7 Å². The van der Waals surface area contributed by atoms with Crippen LogP contribution in [0.15, 0.2) is 60.7 Å². The Kier molecular flexibility index (Phi) is 7.27. The maximum absolute atomic E-state index is 11.2. The highest BCUT2D eigenvalue weighted by molar-refractivity contribution is 5.56. The lowest BCUT2D eigenvalue weighted by Crippen LogP contribution is -2.03. The van der Waals surface area contributed by atoms with Gasteiger partial charge in [0.25, 0.3) is 0 Å². The number of aliphatic hydroxyl groups excluding tert-OH is 2. The van der Waals surface area contributed by atoms with Crippen molar-refractivity contribution in [2.75, 3.05) is 13.2 Å². The van der Waals surface area contributed by atoms with Crippen LogP contribution in [0.5, 0.6) is 23.0 Å². The van der Waals surface area contributed by atoms with Gasteiger partial charge in [0.1, 0.15) is 23.0 Å². The molecule has 0 spiro atoms. The van der Waals surface area contributed by atoms with E-state index < -0.39 is 0 Å². The fraction of sp³-hybridized carbons (Fsp3) is 0.250. The number of phenols is 4. The van der Waals surface area contributed by atoms with Crippen molar-refractivity contribution in [2.24, 2.45) is 0 Å². The molecule has 0 saturated heterocycles. The molecule has 1 aliphatic carbocycles. The average molecular weight is 513 g/mol. The second-order valence-corrected chi connectivity index (χ2v) is 10.0. The van der Waals surface area contributed by atoms with Crippen LogP contribution in [0.2, 0.25) is 0 Å². The average Bonchev–Trinajstić information content (AvgIpc) is 2.89. The molecule has 0 saturated carbocycles. The summed E-state index contributed by atoms with van der Waals surface area (Å²) in [6, 6.07) is 18.3. The Bertz CT molecular complexity index is 1290. The molecule has 5 rings (SSSR count). The number of rotatable bonds is 4. The fourth-order valence-corrected chi connectivity index (χ4v) is 5.43. The Morgan fingerprint density at radius 1 is 0.421 bits per heavy atom. The first-order valence-corrected chi connectivity index (χ1v) is 12.9. The highest BCUT2D eigenvalue weighted by Gasteiger charge is 2.20. The van der Waals surface area contributed by atoms with Crippen molar-refractivity contribution >= 4 is 0 Å². The quantitative estimate of drug-likeness (QED) is 0.214. The summed E-state index contributed by atoms with van der Waals surface area (Å²) in [5, 5.41) is 64.0. The van der Waals surface area contributed by atoms with Crippen LogP contribution >= 0.6 is 0 Å². The third kappa shape index (κ3) is 5.05. The van der Waals surface area contributed by atoms with E-state index in [2.05, 4.69) is 0 Å². The molecular formula is C32H32O6. The van der Waals surface area contributed by atoms with Crippen molar-refractivity contribution in [3.05, 3.63) is 116 Å². The second kappa shape index (κ2) is 10.8. The molecule has 6 N–H and O–H groups in total. The van der Waals surface area contributed by atoms with Crippen LogP contribution in [0, 0.1) is 0 Å². The van der Waals surface area contributed by atoms with Crippen molar-refractivity contribution in [3.8, 4) is 23.0 Å². The molecule has 4 aromatic rings. The summed E-state index contributed by atoms with van der Waals surface area (Å²) in [6.45, 7) is -0.0741. The SMILES string of the molecule is OCCc1cc2c(O)c(c1)Cc1cccc(c1O)Cc1cc(CCO)cc(c1O)Cc1cccc(c1O)C2. The van der Waals surface area contributed by atoms with Gasteiger partial charge in [-0.2, -0.15) is 0 Å². The summed E-state index contributed by atoms with van der Waals surface area (Å²) in [5.41, 5.74) is 6.74. The molecule has 1 aliphatic rings. The number of hydrogen-bond donors (Lipinski definition) is 6. The first-order chi connectivity index (χ1) is 18.4. The van der Waals surface area contributed by atoms with E-state index in [-0.39, 0.29) is 61.9 Å². The second-order valence-electron chi connectivity index (χ2n) is 10.0. The molecular weight excluding hydrogens is 480 g/mol. The summed E-state index contributed by atoms with van der Waals surface area (Å²) in [6.07, 6.45) is 1.92. The minimum absolute atomic E-state index is 0.0371. The smallest absolute Gasteiger partial charge is 0.122 e.